The maximum Gasteiger partial charge on any atom is 0.292 e. The molecule has 3 rings (SSSR count). The molecule has 0 aliphatic heterocycles. The Bertz CT molecular complexity index is 853. The molecule has 1 N–H and O–H groups in total. The predicted octanol–water partition coefficient (Wildman–Crippen LogP) is 1.94. The predicted molar refractivity (Wildman–Crippen MR) is 92.2 cm³/mol. The molecule has 130 valence electrons. The molecular weight excluding hydrogens is 320 g/mol. The molecule has 0 radical (unpaired) electrons. The van der Waals surface area contributed by atoms with Crippen LogP contribution >= 0.6 is 0 Å². The van der Waals surface area contributed by atoms with Crippen molar-refractivity contribution in [1.82, 2.24) is 24.9 Å². The standard InChI is InChI=1S/C17H20N6O2/c1-12-16(20-21-23(12)10-13-6-8-18-9-7-13)19-17(24)15-5-4-14(25-15)11-22(2)3/h4-9H,10-11H2,1-3H3,(H,19,24). The normalized spacial score (nSPS) is 11.0. The van der Waals surface area contributed by atoms with E-state index < -0.39 is 0 Å². The zero-order chi connectivity index (χ0) is 17.8. The number of nitrogens with zero attached hydrogens (tertiary/aromatic N) is 5. The largest absolute Gasteiger partial charge is 0.455 e. The van der Waals surface area contributed by atoms with E-state index in [1.165, 1.54) is 0 Å². The van der Waals surface area contributed by atoms with Crippen molar-refractivity contribution in [2.45, 2.75) is 20.0 Å². The number of amides is 1. The van der Waals surface area contributed by atoms with E-state index in [1.54, 1.807) is 29.2 Å². The third-order valence-corrected chi connectivity index (χ3v) is 3.65. The molecule has 0 unspecified atom stereocenters. The van der Waals surface area contributed by atoms with Crippen molar-refractivity contribution in [1.29, 1.82) is 0 Å². The minimum atomic E-state index is -0.343. The number of hydrogen-bond donors (Lipinski definition) is 1. The van der Waals surface area contributed by atoms with Crippen LogP contribution in [0.3, 0.4) is 0 Å². The first-order valence-electron chi connectivity index (χ1n) is 7.86. The van der Waals surface area contributed by atoms with Gasteiger partial charge in [-0.25, -0.2) is 4.68 Å². The van der Waals surface area contributed by atoms with Gasteiger partial charge < -0.3 is 14.6 Å². The smallest absolute Gasteiger partial charge is 0.292 e. The number of anilines is 1. The van der Waals surface area contributed by atoms with Gasteiger partial charge in [-0.1, -0.05) is 5.21 Å². The van der Waals surface area contributed by atoms with Crippen molar-refractivity contribution < 1.29 is 9.21 Å². The number of pyridine rings is 1. The number of carbonyl (C=O) groups excluding carboxylic acids is 1. The minimum absolute atomic E-state index is 0.250. The molecule has 3 aromatic rings. The molecule has 25 heavy (non-hydrogen) atoms. The summed E-state index contributed by atoms with van der Waals surface area (Å²) in [6.07, 6.45) is 3.46. The van der Waals surface area contributed by atoms with Crippen LogP contribution in [-0.4, -0.2) is 44.9 Å². The first-order valence-corrected chi connectivity index (χ1v) is 7.86. The van der Waals surface area contributed by atoms with Crippen LogP contribution in [0.1, 0.15) is 27.6 Å². The van der Waals surface area contributed by atoms with Crippen LogP contribution in [0.25, 0.3) is 0 Å². The van der Waals surface area contributed by atoms with Gasteiger partial charge in [0.2, 0.25) is 0 Å². The van der Waals surface area contributed by atoms with Gasteiger partial charge in [0.1, 0.15) is 5.76 Å². The van der Waals surface area contributed by atoms with E-state index in [1.807, 2.05) is 38.1 Å². The second-order valence-corrected chi connectivity index (χ2v) is 5.99. The molecule has 0 fully saturated rings. The quantitative estimate of drug-likeness (QED) is 0.737. The van der Waals surface area contributed by atoms with Gasteiger partial charge in [-0.05, 0) is 50.8 Å². The molecule has 3 heterocycles. The number of furan rings is 1. The first-order chi connectivity index (χ1) is 12.0. The molecule has 8 nitrogen and oxygen atoms in total. The highest BCUT2D eigenvalue weighted by molar-refractivity contribution is 6.01. The van der Waals surface area contributed by atoms with Crippen LogP contribution in [0, 0.1) is 6.92 Å². The molecule has 0 aliphatic rings. The van der Waals surface area contributed by atoms with Gasteiger partial charge in [-0.15, -0.1) is 5.10 Å². The Morgan fingerprint density at radius 3 is 2.72 bits per heavy atom. The van der Waals surface area contributed by atoms with Crippen molar-refractivity contribution in [3.05, 3.63) is 59.4 Å². The Balaban J connectivity index is 1.68. The average molecular weight is 340 g/mol. The lowest BCUT2D eigenvalue weighted by molar-refractivity contribution is 0.0993. The molecule has 8 heteroatoms. The van der Waals surface area contributed by atoms with Crippen molar-refractivity contribution in [2.24, 2.45) is 0 Å². The molecule has 0 bridgehead atoms. The lowest BCUT2D eigenvalue weighted by Gasteiger charge is -2.06. The summed E-state index contributed by atoms with van der Waals surface area (Å²) in [7, 11) is 3.87. The van der Waals surface area contributed by atoms with Crippen molar-refractivity contribution in [2.75, 3.05) is 19.4 Å². The summed E-state index contributed by atoms with van der Waals surface area (Å²) in [6.45, 7) is 3.05. The van der Waals surface area contributed by atoms with Crippen LogP contribution in [0.15, 0.2) is 41.1 Å². The number of hydrogen-bond acceptors (Lipinski definition) is 6. The third-order valence-electron chi connectivity index (χ3n) is 3.65. The SMILES string of the molecule is Cc1c(NC(=O)c2ccc(CN(C)C)o2)nnn1Cc1ccncc1. The monoisotopic (exact) mass is 340 g/mol. The van der Waals surface area contributed by atoms with E-state index in [-0.39, 0.29) is 11.7 Å². The lowest BCUT2D eigenvalue weighted by atomic mass is 10.2. The highest BCUT2D eigenvalue weighted by Gasteiger charge is 2.16. The summed E-state index contributed by atoms with van der Waals surface area (Å²) in [4.78, 5) is 18.3. The van der Waals surface area contributed by atoms with Crippen LogP contribution in [-0.2, 0) is 13.1 Å². The Morgan fingerprint density at radius 1 is 1.24 bits per heavy atom. The maximum absolute atomic E-state index is 12.3. The van der Waals surface area contributed by atoms with Crippen molar-refractivity contribution >= 4 is 11.7 Å². The van der Waals surface area contributed by atoms with E-state index in [0.717, 1.165) is 17.0 Å². The summed E-state index contributed by atoms with van der Waals surface area (Å²) in [5.74, 6) is 1.06. The second-order valence-electron chi connectivity index (χ2n) is 5.99. The molecule has 0 aromatic carbocycles. The van der Waals surface area contributed by atoms with Crippen LogP contribution < -0.4 is 5.32 Å². The van der Waals surface area contributed by atoms with E-state index in [0.29, 0.717) is 18.9 Å². The van der Waals surface area contributed by atoms with Crippen LogP contribution in [0.4, 0.5) is 5.82 Å². The Labute approximate surface area is 145 Å². The molecule has 0 saturated carbocycles. The van der Waals surface area contributed by atoms with Crippen LogP contribution in [0.2, 0.25) is 0 Å². The molecule has 0 saturated heterocycles. The minimum Gasteiger partial charge on any atom is -0.455 e. The van der Waals surface area contributed by atoms with Crippen molar-refractivity contribution in [3.8, 4) is 0 Å². The molecule has 1 amide bonds. The molecule has 3 aromatic heterocycles. The zero-order valence-electron chi connectivity index (χ0n) is 14.4. The zero-order valence-corrected chi connectivity index (χ0v) is 14.4. The molecule has 0 atom stereocenters. The summed E-state index contributed by atoms with van der Waals surface area (Å²) in [5.41, 5.74) is 1.82. The Hall–Kier alpha value is -3.00. The highest BCUT2D eigenvalue weighted by atomic mass is 16.4. The fourth-order valence-electron chi connectivity index (χ4n) is 2.35. The molecule has 0 spiro atoms. The molecular formula is C17H20N6O2. The highest BCUT2D eigenvalue weighted by Crippen LogP contribution is 2.15. The van der Waals surface area contributed by atoms with E-state index >= 15 is 0 Å². The number of aromatic nitrogens is 4. The maximum atomic E-state index is 12.3. The molecule has 0 aliphatic carbocycles. The van der Waals surface area contributed by atoms with Crippen LogP contribution in [0.5, 0.6) is 0 Å². The second kappa shape index (κ2) is 7.27. The van der Waals surface area contributed by atoms with Gasteiger partial charge in [-0.3, -0.25) is 9.78 Å². The fraction of sp³-hybridized carbons (Fsp3) is 0.294. The van der Waals surface area contributed by atoms with Gasteiger partial charge >= 0.3 is 0 Å². The third kappa shape index (κ3) is 4.10. The van der Waals surface area contributed by atoms with Gasteiger partial charge in [0.25, 0.3) is 5.91 Å². The summed E-state index contributed by atoms with van der Waals surface area (Å²) < 4.78 is 7.28. The van der Waals surface area contributed by atoms with E-state index in [4.69, 9.17) is 4.42 Å². The lowest BCUT2D eigenvalue weighted by Crippen LogP contribution is -2.13. The average Bonchev–Trinajstić information content (AvgIpc) is 3.17. The number of rotatable bonds is 6. The summed E-state index contributed by atoms with van der Waals surface area (Å²) in [6, 6.07) is 7.27. The van der Waals surface area contributed by atoms with E-state index in [2.05, 4.69) is 20.6 Å². The van der Waals surface area contributed by atoms with Gasteiger partial charge in [0.15, 0.2) is 11.6 Å². The van der Waals surface area contributed by atoms with Gasteiger partial charge in [-0.2, -0.15) is 0 Å². The fourth-order valence-corrected chi connectivity index (χ4v) is 2.35. The Morgan fingerprint density at radius 2 is 2.00 bits per heavy atom. The summed E-state index contributed by atoms with van der Waals surface area (Å²) in [5, 5.41) is 10.9. The Kier molecular flexibility index (Phi) is 4.90. The van der Waals surface area contributed by atoms with Crippen molar-refractivity contribution in [3.63, 3.8) is 0 Å². The number of nitrogens with one attached hydrogen (secondary N) is 1. The van der Waals surface area contributed by atoms with Gasteiger partial charge in [0, 0.05) is 12.4 Å². The first kappa shape index (κ1) is 16.8. The number of carbonyl (C=O) groups is 1. The van der Waals surface area contributed by atoms with E-state index in [9.17, 15) is 4.79 Å². The summed E-state index contributed by atoms with van der Waals surface area (Å²) >= 11 is 0. The topological polar surface area (TPSA) is 89.1 Å². The van der Waals surface area contributed by atoms with Gasteiger partial charge in [0.05, 0.1) is 18.8 Å².